The van der Waals surface area contributed by atoms with Gasteiger partial charge in [0.25, 0.3) is 0 Å². The topological polar surface area (TPSA) is 0 Å². The van der Waals surface area contributed by atoms with Crippen molar-refractivity contribution in [1.29, 1.82) is 0 Å². The van der Waals surface area contributed by atoms with Crippen LogP contribution in [0.2, 0.25) is 0 Å². The molecule has 0 aliphatic rings. The molecule has 0 nitrogen and oxygen atoms in total. The van der Waals surface area contributed by atoms with Gasteiger partial charge in [-0.05, 0) is 0 Å². The summed E-state index contributed by atoms with van der Waals surface area (Å²) in [6.45, 7) is 0. The maximum atomic E-state index is 5.70. The third-order valence-corrected chi connectivity index (χ3v) is 9.11. The average Bonchev–Trinajstić information content (AvgIpc) is 2.03. The van der Waals surface area contributed by atoms with Gasteiger partial charge in [-0.15, -0.1) is 0 Å². The number of rotatable bonds is 2. The molecule has 0 atom stereocenters. The van der Waals surface area contributed by atoms with Crippen molar-refractivity contribution in [3.05, 3.63) is 45.2 Å². The van der Waals surface area contributed by atoms with Gasteiger partial charge in [0.2, 0.25) is 0 Å². The summed E-state index contributed by atoms with van der Waals surface area (Å²) in [7, 11) is 11.4. The molecule has 0 radical (unpaired) electrons. The predicted molar refractivity (Wildman–Crippen MR) is 62.4 cm³/mol. The quantitative estimate of drug-likeness (QED) is 0.554. The van der Waals surface area contributed by atoms with Crippen molar-refractivity contribution >= 4 is 42.3 Å². The third kappa shape index (κ3) is 7.85. The van der Waals surface area contributed by atoms with Gasteiger partial charge in [-0.25, -0.2) is 0 Å². The van der Waals surface area contributed by atoms with Crippen LogP contribution in [-0.4, -0.2) is 18.5 Å². The second kappa shape index (κ2) is 9.37. The van der Waals surface area contributed by atoms with E-state index in [1.807, 2.05) is 18.2 Å². The Hall–Kier alpha value is 0.813. The fourth-order valence-corrected chi connectivity index (χ4v) is 5.54. The average molecular weight is 371 g/mol. The summed E-state index contributed by atoms with van der Waals surface area (Å²) >= 11 is -1.17. The molecular weight excluding hydrogens is 359 g/mol. The minimum atomic E-state index is -1.53. The molecule has 13 heavy (non-hydrogen) atoms. The molecule has 0 aliphatic carbocycles. The zero-order chi connectivity index (χ0) is 8.10. The van der Waals surface area contributed by atoms with Crippen molar-refractivity contribution < 1.29 is 13.5 Å². The molecule has 0 saturated heterocycles. The van der Waals surface area contributed by atoms with Crippen LogP contribution in [0.3, 0.4) is 0 Å². The Kier molecular flexibility index (Phi) is 11.7. The first kappa shape index (κ1) is 16.3. The van der Waals surface area contributed by atoms with Crippen molar-refractivity contribution in [2.45, 2.75) is 0 Å². The molecule has 1 aromatic carbocycles. The third-order valence-electron chi connectivity index (χ3n) is 0.984. The van der Waals surface area contributed by atoms with Crippen molar-refractivity contribution in [2.75, 3.05) is 0 Å². The van der Waals surface area contributed by atoms with Gasteiger partial charge in [0.1, 0.15) is 0 Å². The van der Waals surface area contributed by atoms with Crippen LogP contribution in [0, 0.1) is 14.9 Å². The van der Waals surface area contributed by atoms with Crippen LogP contribution in [0.1, 0.15) is 0 Å². The van der Waals surface area contributed by atoms with Crippen molar-refractivity contribution in [1.82, 2.24) is 0 Å². The van der Waals surface area contributed by atoms with Gasteiger partial charge in [0.15, 0.2) is 0 Å². The number of hydrogen-bond acceptors (Lipinski definition) is 0. The minimum absolute atomic E-state index is 0. The molecule has 0 aromatic heterocycles. The fraction of sp³-hybridized carbons (Fsp3) is 0. The normalized spacial score (nSPS) is 9.23. The summed E-state index contributed by atoms with van der Waals surface area (Å²) < 4.78 is 3.40. The molecule has 0 N–H and O–H groups in total. The molecule has 78 valence electrons. The van der Waals surface area contributed by atoms with E-state index >= 15 is 0 Å². The summed E-state index contributed by atoms with van der Waals surface area (Å²) in [5.41, 5.74) is 0. The Bertz CT molecular complexity index is 245. The van der Waals surface area contributed by atoms with Gasteiger partial charge in [-0.3, -0.25) is 0 Å². The summed E-state index contributed by atoms with van der Waals surface area (Å²) in [6.07, 6.45) is 0. The van der Waals surface area contributed by atoms with Crippen LogP contribution in [0.4, 0.5) is 0 Å². The molecule has 0 amide bonds. The molecule has 4 heteroatoms. The van der Waals surface area contributed by atoms with Crippen LogP contribution >= 0.6 is 19.4 Å². The Morgan fingerprint density at radius 2 is 1.62 bits per heavy atom. The van der Waals surface area contributed by atoms with Crippen LogP contribution < -0.4 is 4.46 Å². The van der Waals surface area contributed by atoms with Gasteiger partial charge in [-0.2, -0.15) is 0 Å². The first-order chi connectivity index (χ1) is 5.29. The molecule has 0 heterocycles. The monoisotopic (exact) mass is 372 g/mol. The summed E-state index contributed by atoms with van der Waals surface area (Å²) in [5, 5.41) is 0. The predicted octanol–water partition coefficient (Wildman–Crippen LogP) is 2.60. The van der Waals surface area contributed by atoms with Crippen LogP contribution in [0.25, 0.3) is 0 Å². The molecule has 0 aliphatic heterocycles. The van der Waals surface area contributed by atoms with E-state index in [0.717, 1.165) is 0 Å². The molecule has 0 saturated carbocycles. The molecule has 0 unspecified atom stereocenters. The maximum absolute atomic E-state index is 5.70. The van der Waals surface area contributed by atoms with Crippen LogP contribution in [0.5, 0.6) is 0 Å². The first-order valence-corrected chi connectivity index (χ1v) is 10.1. The van der Waals surface area contributed by atoms with Gasteiger partial charge in [0.05, 0.1) is 0 Å². The molecular formula is C9H12Cl2RuSe-2. The zero-order valence-electron chi connectivity index (χ0n) is 7.48. The molecule has 0 bridgehead atoms. The van der Waals surface area contributed by atoms with E-state index in [2.05, 4.69) is 15.6 Å². The van der Waals surface area contributed by atoms with E-state index in [-0.39, 0.29) is 14.9 Å². The van der Waals surface area contributed by atoms with Crippen LogP contribution in [0.15, 0.2) is 30.3 Å². The fourth-order valence-electron chi connectivity index (χ4n) is 0.579. The number of halogens is 2. The van der Waals surface area contributed by atoms with E-state index in [9.17, 15) is 0 Å². The summed E-state index contributed by atoms with van der Waals surface area (Å²) in [6, 6.07) is 10.3. The van der Waals surface area contributed by atoms with Crippen molar-refractivity contribution in [2.24, 2.45) is 0 Å². The second-order valence-corrected chi connectivity index (χ2v) is 10.9. The molecule has 1 aromatic rings. The van der Waals surface area contributed by atoms with Gasteiger partial charge in [0, 0.05) is 0 Å². The SMILES string of the molecule is [CH3-].[CH3-].[Cl][Ru]([Cl])=[CH][Se]c1ccccc1. The molecule has 0 spiro atoms. The van der Waals surface area contributed by atoms with E-state index in [4.69, 9.17) is 19.4 Å². The Morgan fingerprint density at radius 1 is 1.08 bits per heavy atom. The van der Waals surface area contributed by atoms with E-state index in [0.29, 0.717) is 15.0 Å². The van der Waals surface area contributed by atoms with E-state index in [1.165, 1.54) is 4.46 Å². The number of hydrogen-bond donors (Lipinski definition) is 0. The Labute approximate surface area is 100 Å². The van der Waals surface area contributed by atoms with E-state index in [1.54, 1.807) is 0 Å². The summed E-state index contributed by atoms with van der Waals surface area (Å²) in [4.78, 5) is 0. The zero-order valence-corrected chi connectivity index (χ0v) is 12.4. The molecule has 0 fully saturated rings. The first-order valence-electron chi connectivity index (χ1n) is 2.82. The summed E-state index contributed by atoms with van der Waals surface area (Å²) in [5.74, 6) is 0. The van der Waals surface area contributed by atoms with Gasteiger partial charge in [-0.1, -0.05) is 0 Å². The number of benzene rings is 1. The van der Waals surface area contributed by atoms with Crippen molar-refractivity contribution in [3.8, 4) is 0 Å². The Balaban J connectivity index is 0. The van der Waals surface area contributed by atoms with Crippen LogP contribution in [-0.2, 0) is 13.5 Å². The van der Waals surface area contributed by atoms with Gasteiger partial charge >= 0.3 is 86.2 Å². The van der Waals surface area contributed by atoms with Crippen molar-refractivity contribution in [3.63, 3.8) is 0 Å². The Morgan fingerprint density at radius 3 is 2.08 bits per heavy atom. The standard InChI is InChI=1S/C7H6Se.2CH3.2ClH.Ru/c1-8-7-5-3-2-4-6-7;;;;;/h1-6H;2*1H3;2*1H;/q;2*-1;;;+2/p-2. The van der Waals surface area contributed by atoms with E-state index < -0.39 is 13.5 Å². The molecule has 1 rings (SSSR count). The second-order valence-electron chi connectivity index (χ2n) is 1.72. The van der Waals surface area contributed by atoms with Gasteiger partial charge < -0.3 is 14.9 Å².